The second kappa shape index (κ2) is 7.89. The van der Waals surface area contributed by atoms with E-state index in [-0.39, 0.29) is 24.7 Å². The minimum Gasteiger partial charge on any atom is -0.338 e. The van der Waals surface area contributed by atoms with Crippen molar-refractivity contribution in [3.05, 3.63) is 69.7 Å². The van der Waals surface area contributed by atoms with Gasteiger partial charge in [-0.3, -0.25) is 0 Å². The third kappa shape index (κ3) is 4.80. The molecule has 6 heteroatoms. The molecule has 2 rings (SSSR count). The van der Waals surface area contributed by atoms with Crippen molar-refractivity contribution in [2.24, 2.45) is 0 Å². The fourth-order valence-electron chi connectivity index (χ4n) is 1.93. The van der Waals surface area contributed by atoms with Gasteiger partial charge in [0.15, 0.2) is 0 Å². The maximum absolute atomic E-state index is 13.5. The molecule has 2 N–H and O–H groups in total. The Hall–Kier alpha value is -1.95. The highest BCUT2D eigenvalue weighted by Gasteiger charge is 2.06. The van der Waals surface area contributed by atoms with Gasteiger partial charge < -0.3 is 10.6 Å². The van der Waals surface area contributed by atoms with E-state index in [0.29, 0.717) is 17.5 Å². The van der Waals surface area contributed by atoms with Crippen LogP contribution in [-0.2, 0) is 13.0 Å². The highest BCUT2D eigenvalue weighted by Crippen LogP contribution is 2.15. The second-order valence-electron chi connectivity index (χ2n) is 4.69. The number of nitrogens with one attached hydrogen (secondary N) is 2. The smallest absolute Gasteiger partial charge is 0.315 e. The molecule has 0 unspecified atom stereocenters. The zero-order valence-electron chi connectivity index (χ0n) is 11.7. The van der Waals surface area contributed by atoms with Crippen molar-refractivity contribution >= 4 is 22.0 Å². The van der Waals surface area contributed by atoms with Gasteiger partial charge in [-0.25, -0.2) is 13.6 Å². The van der Waals surface area contributed by atoms with Crippen molar-refractivity contribution in [2.45, 2.75) is 13.0 Å². The Bertz CT molecular complexity index is 664. The predicted molar refractivity (Wildman–Crippen MR) is 84.4 cm³/mol. The summed E-state index contributed by atoms with van der Waals surface area (Å²) in [5, 5.41) is 5.17. The molecule has 116 valence electrons. The minimum absolute atomic E-state index is 0.101. The topological polar surface area (TPSA) is 41.1 Å². The molecule has 0 radical (unpaired) electrons. The molecule has 0 aliphatic carbocycles. The number of hydrogen-bond acceptors (Lipinski definition) is 1. The van der Waals surface area contributed by atoms with E-state index in [4.69, 9.17) is 0 Å². The lowest BCUT2D eigenvalue weighted by atomic mass is 10.1. The molecule has 0 bridgehead atoms. The van der Waals surface area contributed by atoms with E-state index in [1.54, 1.807) is 30.3 Å². The van der Waals surface area contributed by atoms with E-state index >= 15 is 0 Å². The summed E-state index contributed by atoms with van der Waals surface area (Å²) < 4.78 is 27.7. The van der Waals surface area contributed by atoms with E-state index < -0.39 is 6.03 Å². The summed E-state index contributed by atoms with van der Waals surface area (Å²) in [5.74, 6) is -0.671. The Balaban J connectivity index is 1.76. The molecule has 0 saturated heterocycles. The maximum atomic E-state index is 13.5. The largest absolute Gasteiger partial charge is 0.338 e. The Morgan fingerprint density at radius 2 is 1.73 bits per heavy atom. The van der Waals surface area contributed by atoms with Gasteiger partial charge in [0.25, 0.3) is 0 Å². The monoisotopic (exact) mass is 368 g/mol. The highest BCUT2D eigenvalue weighted by molar-refractivity contribution is 9.10. The molecule has 2 aromatic carbocycles. The Kier molecular flexibility index (Phi) is 5.89. The number of hydrogen-bond donors (Lipinski definition) is 2. The normalized spacial score (nSPS) is 10.3. The summed E-state index contributed by atoms with van der Waals surface area (Å²) in [7, 11) is 0. The minimum atomic E-state index is -0.418. The Morgan fingerprint density at radius 3 is 2.50 bits per heavy atom. The van der Waals surface area contributed by atoms with Crippen molar-refractivity contribution in [3.8, 4) is 0 Å². The van der Waals surface area contributed by atoms with Gasteiger partial charge in [0.2, 0.25) is 0 Å². The van der Waals surface area contributed by atoms with Crippen LogP contribution in [0, 0.1) is 11.6 Å². The van der Waals surface area contributed by atoms with Crippen LogP contribution >= 0.6 is 15.9 Å². The molecule has 0 fully saturated rings. The first-order valence-electron chi connectivity index (χ1n) is 6.75. The van der Waals surface area contributed by atoms with Gasteiger partial charge in [0.05, 0.1) is 0 Å². The quantitative estimate of drug-likeness (QED) is 0.828. The maximum Gasteiger partial charge on any atom is 0.315 e. The number of halogens is 3. The lowest BCUT2D eigenvalue weighted by molar-refractivity contribution is 0.240. The SMILES string of the molecule is O=C(NCCc1cc(Br)ccc1F)NCc1ccccc1F. The standard InChI is InChI=1S/C16H15BrF2N2O/c17-13-5-6-15(19)11(9-13)7-8-20-16(22)21-10-12-3-1-2-4-14(12)18/h1-6,9H,7-8,10H2,(H2,20,21,22). The van der Waals surface area contributed by atoms with Crippen LogP contribution in [0.5, 0.6) is 0 Å². The van der Waals surface area contributed by atoms with Crippen molar-refractivity contribution in [1.29, 1.82) is 0 Å². The van der Waals surface area contributed by atoms with Gasteiger partial charge >= 0.3 is 6.03 Å². The molecule has 0 atom stereocenters. The highest BCUT2D eigenvalue weighted by atomic mass is 79.9. The van der Waals surface area contributed by atoms with Crippen molar-refractivity contribution < 1.29 is 13.6 Å². The molecule has 0 spiro atoms. The van der Waals surface area contributed by atoms with Crippen LogP contribution in [0.25, 0.3) is 0 Å². The molecule has 0 aliphatic heterocycles. The number of carbonyl (C=O) groups excluding carboxylic acids is 1. The van der Waals surface area contributed by atoms with Crippen LogP contribution < -0.4 is 10.6 Å². The molecule has 0 aliphatic rings. The zero-order valence-corrected chi connectivity index (χ0v) is 13.3. The van der Waals surface area contributed by atoms with E-state index in [9.17, 15) is 13.6 Å². The number of benzene rings is 2. The summed E-state index contributed by atoms with van der Waals surface area (Å²) in [6, 6.07) is 10.5. The summed E-state index contributed by atoms with van der Waals surface area (Å²) >= 11 is 3.27. The van der Waals surface area contributed by atoms with E-state index in [1.165, 1.54) is 12.1 Å². The number of carbonyl (C=O) groups is 1. The summed E-state index contributed by atoms with van der Waals surface area (Å²) in [6.07, 6.45) is 0.373. The molecule has 22 heavy (non-hydrogen) atoms. The summed E-state index contributed by atoms with van der Waals surface area (Å²) in [4.78, 5) is 11.6. The molecule has 2 amide bonds. The first kappa shape index (κ1) is 16.4. The molecule has 0 heterocycles. The van der Waals surface area contributed by atoms with Crippen LogP contribution in [-0.4, -0.2) is 12.6 Å². The number of urea groups is 1. The zero-order chi connectivity index (χ0) is 15.9. The van der Waals surface area contributed by atoms with Gasteiger partial charge in [-0.2, -0.15) is 0 Å². The van der Waals surface area contributed by atoms with Crippen molar-refractivity contribution in [3.63, 3.8) is 0 Å². The van der Waals surface area contributed by atoms with Gasteiger partial charge in [0, 0.05) is 23.1 Å². The van der Waals surface area contributed by atoms with E-state index in [2.05, 4.69) is 26.6 Å². The number of rotatable bonds is 5. The Morgan fingerprint density at radius 1 is 1.00 bits per heavy atom. The first-order chi connectivity index (χ1) is 10.6. The second-order valence-corrected chi connectivity index (χ2v) is 5.60. The fourth-order valence-corrected chi connectivity index (χ4v) is 2.33. The molecular weight excluding hydrogens is 354 g/mol. The van der Waals surface area contributed by atoms with Gasteiger partial charge in [-0.05, 0) is 36.2 Å². The van der Waals surface area contributed by atoms with Crippen molar-refractivity contribution in [2.75, 3.05) is 6.54 Å². The first-order valence-corrected chi connectivity index (χ1v) is 7.54. The van der Waals surface area contributed by atoms with Crippen molar-refractivity contribution in [1.82, 2.24) is 10.6 Å². The third-order valence-corrected chi connectivity index (χ3v) is 3.58. The fraction of sp³-hybridized carbons (Fsp3) is 0.188. The lowest BCUT2D eigenvalue weighted by Gasteiger charge is -2.09. The predicted octanol–water partition coefficient (Wildman–Crippen LogP) is 3.77. The summed E-state index contributed by atoms with van der Waals surface area (Å²) in [6.45, 7) is 0.389. The number of amides is 2. The van der Waals surface area contributed by atoms with E-state index in [0.717, 1.165) is 4.47 Å². The lowest BCUT2D eigenvalue weighted by Crippen LogP contribution is -2.36. The Labute approximate surface area is 135 Å². The summed E-state index contributed by atoms with van der Waals surface area (Å²) in [5.41, 5.74) is 0.930. The van der Waals surface area contributed by atoms with Crippen LogP contribution in [0.3, 0.4) is 0 Å². The van der Waals surface area contributed by atoms with Gasteiger partial charge in [-0.15, -0.1) is 0 Å². The average molecular weight is 369 g/mol. The van der Waals surface area contributed by atoms with E-state index in [1.807, 2.05) is 0 Å². The van der Waals surface area contributed by atoms with Crippen LogP contribution in [0.4, 0.5) is 13.6 Å². The van der Waals surface area contributed by atoms with Crippen LogP contribution in [0.1, 0.15) is 11.1 Å². The van der Waals surface area contributed by atoms with Gasteiger partial charge in [-0.1, -0.05) is 34.1 Å². The average Bonchev–Trinajstić information content (AvgIpc) is 2.50. The van der Waals surface area contributed by atoms with Crippen LogP contribution in [0.2, 0.25) is 0 Å². The molecule has 3 nitrogen and oxygen atoms in total. The van der Waals surface area contributed by atoms with Crippen LogP contribution in [0.15, 0.2) is 46.9 Å². The molecule has 0 saturated carbocycles. The van der Waals surface area contributed by atoms with Gasteiger partial charge in [0.1, 0.15) is 11.6 Å². The molecule has 0 aromatic heterocycles. The molecule has 2 aromatic rings. The molecular formula is C16H15BrF2N2O. The third-order valence-electron chi connectivity index (χ3n) is 3.08.